The molecule has 5 nitrogen and oxygen atoms in total. The molecule has 0 heterocycles. The van der Waals surface area contributed by atoms with Crippen LogP contribution in [0.1, 0.15) is 17.5 Å². The van der Waals surface area contributed by atoms with Crippen molar-refractivity contribution in [1.29, 1.82) is 0 Å². The second-order valence-corrected chi connectivity index (χ2v) is 5.48. The van der Waals surface area contributed by atoms with E-state index in [9.17, 15) is 13.6 Å². The van der Waals surface area contributed by atoms with Crippen molar-refractivity contribution in [2.45, 2.75) is 26.0 Å². The van der Waals surface area contributed by atoms with Crippen molar-refractivity contribution in [1.82, 2.24) is 5.32 Å². The Bertz CT molecular complexity index is 720. The second-order valence-electron chi connectivity index (χ2n) is 5.48. The van der Waals surface area contributed by atoms with Crippen LogP contribution in [0.2, 0.25) is 0 Å². The summed E-state index contributed by atoms with van der Waals surface area (Å²) in [6.45, 7) is -2.54. The van der Waals surface area contributed by atoms with Gasteiger partial charge < -0.3 is 19.5 Å². The highest BCUT2D eigenvalue weighted by molar-refractivity contribution is 5.76. The molecule has 1 amide bonds. The lowest BCUT2D eigenvalue weighted by Crippen LogP contribution is -2.23. The van der Waals surface area contributed by atoms with Crippen molar-refractivity contribution in [3.63, 3.8) is 0 Å². The van der Waals surface area contributed by atoms with Gasteiger partial charge in [0.2, 0.25) is 5.91 Å². The molecule has 0 fully saturated rings. The highest BCUT2D eigenvalue weighted by atomic mass is 19.3. The predicted molar refractivity (Wildman–Crippen MR) is 92.8 cm³/mol. The molecular formula is C19H21F2NO4. The smallest absolute Gasteiger partial charge is 0.387 e. The average molecular weight is 365 g/mol. The Morgan fingerprint density at radius 3 is 2.35 bits per heavy atom. The molecule has 0 aliphatic carbocycles. The standard InChI is InChI=1S/C19H21F2NO4/c1-24-16-8-9-17(25-2)14(11-16)5-10-18(23)22-12-13-3-6-15(7-4-13)26-19(20)21/h3-4,6-9,11,19H,5,10,12H2,1-2H3,(H,22,23). The molecule has 0 saturated carbocycles. The number of alkyl halides is 2. The van der Waals surface area contributed by atoms with Gasteiger partial charge in [0.1, 0.15) is 17.2 Å². The van der Waals surface area contributed by atoms with E-state index in [2.05, 4.69) is 10.1 Å². The van der Waals surface area contributed by atoms with E-state index in [1.165, 1.54) is 12.1 Å². The van der Waals surface area contributed by atoms with E-state index < -0.39 is 6.61 Å². The molecule has 0 aromatic heterocycles. The SMILES string of the molecule is COc1ccc(OC)c(CCC(=O)NCc2ccc(OC(F)F)cc2)c1. The summed E-state index contributed by atoms with van der Waals surface area (Å²) < 4.78 is 39.0. The van der Waals surface area contributed by atoms with E-state index in [0.29, 0.717) is 24.5 Å². The summed E-state index contributed by atoms with van der Waals surface area (Å²) in [5.41, 5.74) is 1.68. The van der Waals surface area contributed by atoms with Gasteiger partial charge in [-0.15, -0.1) is 0 Å². The quantitative estimate of drug-likeness (QED) is 0.738. The zero-order valence-corrected chi connectivity index (χ0v) is 14.6. The summed E-state index contributed by atoms with van der Waals surface area (Å²) in [6, 6.07) is 11.6. The first-order chi connectivity index (χ1) is 12.5. The van der Waals surface area contributed by atoms with Gasteiger partial charge in [-0.1, -0.05) is 12.1 Å². The van der Waals surface area contributed by atoms with Gasteiger partial charge >= 0.3 is 6.61 Å². The third kappa shape index (κ3) is 5.91. The van der Waals surface area contributed by atoms with Crippen LogP contribution >= 0.6 is 0 Å². The fourth-order valence-corrected chi connectivity index (χ4v) is 2.40. The highest BCUT2D eigenvalue weighted by Crippen LogP contribution is 2.25. The number of carbonyl (C=O) groups is 1. The van der Waals surface area contributed by atoms with E-state index in [1.807, 2.05) is 6.07 Å². The number of aryl methyl sites for hydroxylation is 1. The molecule has 2 aromatic rings. The van der Waals surface area contributed by atoms with Gasteiger partial charge in [0.15, 0.2) is 0 Å². The zero-order chi connectivity index (χ0) is 18.9. The number of halogens is 2. The van der Waals surface area contributed by atoms with E-state index in [1.54, 1.807) is 38.5 Å². The molecule has 0 radical (unpaired) electrons. The lowest BCUT2D eigenvalue weighted by Gasteiger charge is -2.11. The number of benzene rings is 2. The monoisotopic (exact) mass is 365 g/mol. The Kier molecular flexibility index (Phi) is 7.20. The molecule has 2 rings (SSSR count). The lowest BCUT2D eigenvalue weighted by molar-refractivity contribution is -0.121. The first-order valence-corrected chi connectivity index (χ1v) is 8.03. The van der Waals surface area contributed by atoms with Crippen LogP contribution in [0.25, 0.3) is 0 Å². The minimum atomic E-state index is -2.85. The van der Waals surface area contributed by atoms with E-state index in [4.69, 9.17) is 9.47 Å². The maximum Gasteiger partial charge on any atom is 0.387 e. The van der Waals surface area contributed by atoms with Crippen molar-refractivity contribution in [2.75, 3.05) is 14.2 Å². The molecule has 7 heteroatoms. The maximum atomic E-state index is 12.1. The Labute approximate surface area is 150 Å². The van der Waals surface area contributed by atoms with E-state index in [0.717, 1.165) is 11.1 Å². The first kappa shape index (κ1) is 19.5. The summed E-state index contributed by atoms with van der Waals surface area (Å²) in [7, 11) is 3.16. The summed E-state index contributed by atoms with van der Waals surface area (Å²) in [4.78, 5) is 12.0. The molecule has 0 unspecified atom stereocenters. The Morgan fingerprint density at radius 1 is 1.04 bits per heavy atom. The van der Waals surface area contributed by atoms with Crippen molar-refractivity contribution in [3.05, 3.63) is 53.6 Å². The minimum Gasteiger partial charge on any atom is -0.497 e. The summed E-state index contributed by atoms with van der Waals surface area (Å²) >= 11 is 0. The maximum absolute atomic E-state index is 12.1. The van der Waals surface area contributed by atoms with Gasteiger partial charge in [-0.3, -0.25) is 4.79 Å². The third-order valence-electron chi connectivity index (χ3n) is 3.75. The van der Waals surface area contributed by atoms with Crippen molar-refractivity contribution < 1.29 is 27.8 Å². The number of nitrogens with one attached hydrogen (secondary N) is 1. The van der Waals surface area contributed by atoms with Gasteiger partial charge in [0.25, 0.3) is 0 Å². The summed E-state index contributed by atoms with van der Waals surface area (Å²) in [6.07, 6.45) is 0.795. The highest BCUT2D eigenvalue weighted by Gasteiger charge is 2.09. The van der Waals surface area contributed by atoms with Crippen LogP contribution < -0.4 is 19.5 Å². The van der Waals surface area contributed by atoms with Gasteiger partial charge in [-0.2, -0.15) is 8.78 Å². The topological polar surface area (TPSA) is 56.8 Å². The zero-order valence-electron chi connectivity index (χ0n) is 14.6. The predicted octanol–water partition coefficient (Wildman–Crippen LogP) is 3.55. The molecule has 26 heavy (non-hydrogen) atoms. The average Bonchev–Trinajstić information content (AvgIpc) is 2.65. The normalized spacial score (nSPS) is 10.5. The number of ether oxygens (including phenoxy) is 3. The van der Waals surface area contributed by atoms with Crippen LogP contribution in [0.3, 0.4) is 0 Å². The molecule has 0 saturated heterocycles. The fourth-order valence-electron chi connectivity index (χ4n) is 2.40. The first-order valence-electron chi connectivity index (χ1n) is 8.03. The number of rotatable bonds is 9. The van der Waals surface area contributed by atoms with Crippen LogP contribution in [0.5, 0.6) is 17.2 Å². The summed E-state index contributed by atoms with van der Waals surface area (Å²) in [5, 5.41) is 2.80. The van der Waals surface area contributed by atoms with Crippen LogP contribution in [0.15, 0.2) is 42.5 Å². The van der Waals surface area contributed by atoms with Gasteiger partial charge in [0.05, 0.1) is 14.2 Å². The second kappa shape index (κ2) is 9.60. The van der Waals surface area contributed by atoms with Crippen LogP contribution in [-0.4, -0.2) is 26.7 Å². The van der Waals surface area contributed by atoms with Crippen molar-refractivity contribution in [2.24, 2.45) is 0 Å². The van der Waals surface area contributed by atoms with Crippen LogP contribution in [0.4, 0.5) is 8.78 Å². The van der Waals surface area contributed by atoms with Gasteiger partial charge in [-0.25, -0.2) is 0 Å². The number of hydrogen-bond acceptors (Lipinski definition) is 4. The molecule has 0 aliphatic heterocycles. The number of hydrogen-bond donors (Lipinski definition) is 1. The van der Waals surface area contributed by atoms with Gasteiger partial charge in [0, 0.05) is 13.0 Å². The number of carbonyl (C=O) groups excluding carboxylic acids is 1. The third-order valence-corrected chi connectivity index (χ3v) is 3.75. The number of amides is 1. The fraction of sp³-hybridized carbons (Fsp3) is 0.316. The van der Waals surface area contributed by atoms with Crippen LogP contribution in [0, 0.1) is 0 Å². The Hall–Kier alpha value is -2.83. The van der Waals surface area contributed by atoms with E-state index >= 15 is 0 Å². The van der Waals surface area contributed by atoms with Crippen molar-refractivity contribution in [3.8, 4) is 17.2 Å². The van der Waals surface area contributed by atoms with Crippen molar-refractivity contribution >= 4 is 5.91 Å². The Morgan fingerprint density at radius 2 is 1.73 bits per heavy atom. The molecule has 1 N–H and O–H groups in total. The lowest BCUT2D eigenvalue weighted by atomic mass is 10.1. The molecule has 0 spiro atoms. The molecule has 140 valence electrons. The van der Waals surface area contributed by atoms with Crippen LogP contribution in [-0.2, 0) is 17.8 Å². The minimum absolute atomic E-state index is 0.0835. The molecular weight excluding hydrogens is 344 g/mol. The van der Waals surface area contributed by atoms with E-state index in [-0.39, 0.29) is 18.1 Å². The molecule has 0 atom stereocenters. The number of methoxy groups -OCH3 is 2. The largest absolute Gasteiger partial charge is 0.497 e. The Balaban J connectivity index is 1.84. The molecule has 0 aliphatic rings. The van der Waals surface area contributed by atoms with Gasteiger partial charge in [-0.05, 0) is 47.9 Å². The summed E-state index contributed by atoms with van der Waals surface area (Å²) in [5.74, 6) is 1.36. The molecule has 0 bridgehead atoms. The molecule has 2 aromatic carbocycles.